The highest BCUT2D eigenvalue weighted by atomic mass is 16.5. The Kier molecular flexibility index (Phi) is 4.77. The maximum absolute atomic E-state index is 12.2. The summed E-state index contributed by atoms with van der Waals surface area (Å²) in [5.41, 5.74) is 6.91. The number of aromatic nitrogens is 2. The summed E-state index contributed by atoms with van der Waals surface area (Å²) < 4.78 is 7.02. The Morgan fingerprint density at radius 1 is 1.55 bits per heavy atom. The van der Waals surface area contributed by atoms with Crippen LogP contribution in [0.3, 0.4) is 0 Å². The van der Waals surface area contributed by atoms with Gasteiger partial charge in [0.05, 0.1) is 18.8 Å². The van der Waals surface area contributed by atoms with E-state index in [1.165, 1.54) is 0 Å². The molecule has 20 heavy (non-hydrogen) atoms. The van der Waals surface area contributed by atoms with E-state index < -0.39 is 0 Å². The molecule has 0 bridgehead atoms. The predicted molar refractivity (Wildman–Crippen MR) is 76.1 cm³/mol. The van der Waals surface area contributed by atoms with Crippen LogP contribution in [0.1, 0.15) is 37.9 Å². The first kappa shape index (κ1) is 15.0. The van der Waals surface area contributed by atoms with E-state index in [-0.39, 0.29) is 17.9 Å². The summed E-state index contributed by atoms with van der Waals surface area (Å²) in [6.07, 6.45) is 4.39. The number of methoxy groups -OCH3 is 1. The van der Waals surface area contributed by atoms with Crippen molar-refractivity contribution in [1.82, 2.24) is 14.7 Å². The first-order valence-electron chi connectivity index (χ1n) is 7.11. The molecule has 2 heterocycles. The quantitative estimate of drug-likeness (QED) is 0.842. The molecule has 0 spiro atoms. The third-order valence-electron chi connectivity index (χ3n) is 3.87. The lowest BCUT2D eigenvalue weighted by Gasteiger charge is -2.26. The number of ether oxygens (including phenoxy) is 1. The predicted octanol–water partition coefficient (Wildman–Crippen LogP) is 0.959. The molecule has 6 heteroatoms. The van der Waals surface area contributed by atoms with Gasteiger partial charge in [-0.2, -0.15) is 5.10 Å². The van der Waals surface area contributed by atoms with Crippen LogP contribution in [0.25, 0.3) is 0 Å². The molecule has 0 radical (unpaired) electrons. The van der Waals surface area contributed by atoms with Crippen LogP contribution in [0.2, 0.25) is 0 Å². The third kappa shape index (κ3) is 2.86. The number of hydrogen-bond donors (Lipinski definition) is 1. The minimum absolute atomic E-state index is 0.0233. The van der Waals surface area contributed by atoms with E-state index >= 15 is 0 Å². The molecule has 0 saturated carbocycles. The Balaban J connectivity index is 2.24. The number of rotatable bonds is 6. The van der Waals surface area contributed by atoms with E-state index in [1.54, 1.807) is 7.11 Å². The van der Waals surface area contributed by atoms with E-state index in [9.17, 15) is 4.79 Å². The smallest absolute Gasteiger partial charge is 0.223 e. The average Bonchev–Trinajstić information content (AvgIpc) is 3.00. The molecular formula is C14H24N4O2. The number of likely N-dealkylation sites (tertiary alicyclic amines) is 1. The van der Waals surface area contributed by atoms with Crippen LogP contribution in [0.15, 0.2) is 12.4 Å². The number of hydrogen-bond acceptors (Lipinski definition) is 4. The van der Waals surface area contributed by atoms with Crippen molar-refractivity contribution in [3.8, 4) is 0 Å². The lowest BCUT2D eigenvalue weighted by molar-refractivity contribution is -0.129. The molecule has 1 aromatic heterocycles. The molecule has 2 atom stereocenters. The summed E-state index contributed by atoms with van der Waals surface area (Å²) in [5, 5.41) is 4.38. The van der Waals surface area contributed by atoms with Gasteiger partial charge in [0.1, 0.15) is 0 Å². The van der Waals surface area contributed by atoms with Crippen LogP contribution in [0.5, 0.6) is 0 Å². The summed E-state index contributed by atoms with van der Waals surface area (Å²) in [7, 11) is 1.65. The first-order valence-corrected chi connectivity index (χ1v) is 7.11. The zero-order valence-corrected chi connectivity index (χ0v) is 12.5. The van der Waals surface area contributed by atoms with E-state index in [0.717, 1.165) is 5.56 Å². The van der Waals surface area contributed by atoms with Crippen LogP contribution in [-0.4, -0.2) is 47.4 Å². The summed E-state index contributed by atoms with van der Waals surface area (Å²) in [4.78, 5) is 14.0. The molecule has 2 rings (SSSR count). The standard InChI is InChI=1S/C14H24N4O2/c1-10(2)18-9-12(8-16-18)14-11(7-15)6-13(19)17(14)4-5-20-3/h8-11,14H,4-7,15H2,1-3H3/t11-,14-/m1/s1. The highest BCUT2D eigenvalue weighted by Gasteiger charge is 2.40. The van der Waals surface area contributed by atoms with Crippen molar-refractivity contribution in [1.29, 1.82) is 0 Å². The highest BCUT2D eigenvalue weighted by Crippen LogP contribution is 2.37. The highest BCUT2D eigenvalue weighted by molar-refractivity contribution is 5.79. The SMILES string of the molecule is COCCN1C(=O)C[C@H](CN)[C@@H]1c1cnn(C(C)C)c1. The van der Waals surface area contributed by atoms with Crippen molar-refractivity contribution >= 4 is 5.91 Å². The van der Waals surface area contributed by atoms with Crippen LogP contribution >= 0.6 is 0 Å². The zero-order chi connectivity index (χ0) is 14.7. The second kappa shape index (κ2) is 6.37. The fourth-order valence-electron chi connectivity index (χ4n) is 2.77. The fourth-order valence-corrected chi connectivity index (χ4v) is 2.77. The molecule has 1 saturated heterocycles. The Hall–Kier alpha value is -1.40. The summed E-state index contributed by atoms with van der Waals surface area (Å²) in [6.45, 7) is 5.81. The molecule has 0 aliphatic carbocycles. The van der Waals surface area contributed by atoms with E-state index in [0.29, 0.717) is 32.2 Å². The van der Waals surface area contributed by atoms with Gasteiger partial charge < -0.3 is 15.4 Å². The first-order chi connectivity index (χ1) is 9.58. The molecule has 0 aromatic carbocycles. The van der Waals surface area contributed by atoms with Crippen molar-refractivity contribution in [3.05, 3.63) is 18.0 Å². The second-order valence-corrected chi connectivity index (χ2v) is 5.57. The summed E-state index contributed by atoms with van der Waals surface area (Å²) in [5.74, 6) is 0.309. The summed E-state index contributed by atoms with van der Waals surface area (Å²) >= 11 is 0. The largest absolute Gasteiger partial charge is 0.383 e. The lowest BCUT2D eigenvalue weighted by Crippen LogP contribution is -2.33. The molecule has 6 nitrogen and oxygen atoms in total. The van der Waals surface area contributed by atoms with Crippen LogP contribution in [0, 0.1) is 5.92 Å². The third-order valence-corrected chi connectivity index (χ3v) is 3.87. The van der Waals surface area contributed by atoms with E-state index in [1.807, 2.05) is 22.0 Å². The van der Waals surface area contributed by atoms with Crippen molar-refractivity contribution in [3.63, 3.8) is 0 Å². The number of carbonyl (C=O) groups is 1. The van der Waals surface area contributed by atoms with Gasteiger partial charge in [-0.25, -0.2) is 0 Å². The van der Waals surface area contributed by atoms with Gasteiger partial charge in [-0.05, 0) is 20.4 Å². The van der Waals surface area contributed by atoms with Gasteiger partial charge in [-0.15, -0.1) is 0 Å². The maximum Gasteiger partial charge on any atom is 0.223 e. The van der Waals surface area contributed by atoms with E-state index in [4.69, 9.17) is 10.5 Å². The van der Waals surface area contributed by atoms with Gasteiger partial charge in [0, 0.05) is 43.8 Å². The molecule has 1 aliphatic rings. The topological polar surface area (TPSA) is 73.4 Å². The molecular weight excluding hydrogens is 256 g/mol. The molecule has 0 unspecified atom stereocenters. The van der Waals surface area contributed by atoms with Crippen molar-refractivity contribution < 1.29 is 9.53 Å². The van der Waals surface area contributed by atoms with E-state index in [2.05, 4.69) is 18.9 Å². The number of nitrogens with two attached hydrogens (primary N) is 1. The second-order valence-electron chi connectivity index (χ2n) is 5.57. The van der Waals surface area contributed by atoms with Gasteiger partial charge in [0.2, 0.25) is 5.91 Å². The molecule has 112 valence electrons. The van der Waals surface area contributed by atoms with Crippen molar-refractivity contribution in [2.45, 2.75) is 32.4 Å². The average molecular weight is 280 g/mol. The summed E-state index contributed by atoms with van der Waals surface area (Å²) in [6, 6.07) is 0.333. The van der Waals surface area contributed by atoms with Gasteiger partial charge in [0.25, 0.3) is 0 Å². The number of nitrogens with zero attached hydrogens (tertiary/aromatic N) is 3. The maximum atomic E-state index is 12.2. The molecule has 2 N–H and O–H groups in total. The van der Waals surface area contributed by atoms with Gasteiger partial charge in [0.15, 0.2) is 0 Å². The Bertz CT molecular complexity index is 458. The van der Waals surface area contributed by atoms with Gasteiger partial charge in [-0.1, -0.05) is 0 Å². The lowest BCUT2D eigenvalue weighted by atomic mass is 9.96. The molecule has 1 aliphatic heterocycles. The normalized spacial score (nSPS) is 23.1. The Labute approximate surface area is 119 Å². The Morgan fingerprint density at radius 2 is 2.30 bits per heavy atom. The fraction of sp³-hybridized carbons (Fsp3) is 0.714. The minimum atomic E-state index is 0.0233. The van der Waals surface area contributed by atoms with Crippen molar-refractivity contribution in [2.75, 3.05) is 26.8 Å². The zero-order valence-electron chi connectivity index (χ0n) is 12.5. The molecule has 1 aromatic rings. The Morgan fingerprint density at radius 3 is 2.85 bits per heavy atom. The monoisotopic (exact) mass is 280 g/mol. The number of amides is 1. The van der Waals surface area contributed by atoms with Crippen LogP contribution < -0.4 is 5.73 Å². The van der Waals surface area contributed by atoms with Gasteiger partial charge in [-0.3, -0.25) is 9.48 Å². The van der Waals surface area contributed by atoms with Crippen LogP contribution in [0.4, 0.5) is 0 Å². The minimum Gasteiger partial charge on any atom is -0.383 e. The molecule has 1 amide bonds. The molecule has 1 fully saturated rings. The number of carbonyl (C=O) groups excluding carboxylic acids is 1. The van der Waals surface area contributed by atoms with Gasteiger partial charge >= 0.3 is 0 Å². The van der Waals surface area contributed by atoms with Crippen molar-refractivity contribution in [2.24, 2.45) is 11.7 Å². The van der Waals surface area contributed by atoms with Crippen LogP contribution in [-0.2, 0) is 9.53 Å².